The van der Waals surface area contributed by atoms with Crippen molar-refractivity contribution in [3.05, 3.63) is 0 Å². The van der Waals surface area contributed by atoms with Crippen LogP contribution < -0.4 is 164 Å². The second kappa shape index (κ2) is 198. The minimum Gasteiger partial charge on any atom is -0.550 e. The van der Waals surface area contributed by atoms with E-state index in [0.717, 1.165) is 152 Å². The average molecular weight is 2170 g/mol. The largest absolute Gasteiger partial charge is 4.00 e. The fourth-order valence-electron chi connectivity index (χ4n) is 0. The van der Waals surface area contributed by atoms with Crippen molar-refractivity contribution in [2.24, 2.45) is 0 Å². The van der Waals surface area contributed by atoms with E-state index in [1.54, 1.807) is 0 Å². The normalized spacial score (nSPS) is 5.67. The van der Waals surface area contributed by atoms with Crippen LogP contribution in [0.3, 0.4) is 0 Å². The van der Waals surface area contributed by atoms with Gasteiger partial charge in [-0.25, -0.2) is 0 Å². The van der Waals surface area contributed by atoms with Crippen LogP contribution in [-0.4, -0.2) is 218 Å². The average Bonchev–Trinajstić information content (AvgIpc) is 3.06. The zero-order valence-electron chi connectivity index (χ0n) is 55.5. The molecule has 0 N–H and O–H groups in total. The molecule has 0 saturated carbocycles. The Balaban J connectivity index is -0.0000000162. The van der Waals surface area contributed by atoms with Crippen molar-refractivity contribution < 1.29 is 388 Å². The van der Waals surface area contributed by atoms with E-state index in [9.17, 15) is 0 Å². The summed E-state index contributed by atoms with van der Waals surface area (Å²) < 4.78 is 0. The van der Waals surface area contributed by atoms with Crippen LogP contribution in [0.2, 0.25) is 0 Å². The van der Waals surface area contributed by atoms with E-state index < -0.39 is 131 Å². The summed E-state index contributed by atoms with van der Waals surface area (Å²) in [6.07, 6.45) is 0. The Hall–Kier alpha value is -3.40. The first-order valence-electron chi connectivity index (χ1n) is 20.0. The minimum atomic E-state index is -1.08. The van der Waals surface area contributed by atoms with E-state index in [0.29, 0.717) is 0 Å². The molecule has 0 amide bonds. The van der Waals surface area contributed by atoms with Gasteiger partial charge in [0.15, 0.2) is 0 Å². The molecule has 53 heteroatoms. The van der Waals surface area contributed by atoms with Gasteiger partial charge in [0.25, 0.3) is 0 Å². The molecule has 44 nitrogen and oxygen atoms in total. The summed E-state index contributed by atoms with van der Waals surface area (Å²) in [6.45, 7) is 21.4. The fraction of sp³-hybridized carbons (Fsp3) is 0.500. The van der Waals surface area contributed by atoms with Gasteiger partial charge in [0.05, 0.1) is 0 Å². The zero-order valence-corrected chi connectivity index (χ0v) is 75.4. The van der Waals surface area contributed by atoms with Gasteiger partial charge in [-0.05, 0) is 152 Å². The molecule has 0 aromatic heterocycles. The monoisotopic (exact) mass is 2170 g/mol. The van der Waals surface area contributed by atoms with Crippen molar-refractivity contribution in [2.75, 3.05) is 0 Å². The van der Waals surface area contributed by atoms with E-state index in [1.807, 2.05) is 0 Å². The van der Waals surface area contributed by atoms with E-state index in [4.69, 9.17) is 218 Å². The fourth-order valence-corrected chi connectivity index (χ4v) is 0. The van der Waals surface area contributed by atoms with E-state index >= 15 is 0 Å². The van der Waals surface area contributed by atoms with Crippen molar-refractivity contribution in [3.63, 3.8) is 0 Å². The Labute approximate surface area is 747 Å². The summed E-state index contributed by atoms with van der Waals surface area (Å²) in [6, 6.07) is 0. The topological polar surface area (TPSA) is 883 Å². The maximum Gasteiger partial charge on any atom is 4.00 e. The first-order valence-corrected chi connectivity index (χ1v) is 20.0. The third-order valence-electron chi connectivity index (χ3n) is 0. The van der Waals surface area contributed by atoms with Crippen molar-refractivity contribution in [3.8, 4) is 0 Å². The molecule has 561 valence electrons. The standard InChI is InChI=1S/22C2H4O2.Au.Ba.Ca.Fe.K.Ni.Pd.Re.Ti/c22*1-2(3)4;;;;;;;;;/h22*1H3,(H,3,4);;;;;;;;;/q;;;;;;;;;;;;;;;;;;;;;;+3;3*+2;+1;2*+2;2*+4/p-22. The van der Waals surface area contributed by atoms with Crippen molar-refractivity contribution in [1.82, 2.24) is 0 Å². The maximum absolute atomic E-state index is 8.89. The van der Waals surface area contributed by atoms with Gasteiger partial charge in [0.2, 0.25) is 0 Å². The van der Waals surface area contributed by atoms with Crippen molar-refractivity contribution in [1.29, 1.82) is 0 Å². The van der Waals surface area contributed by atoms with Crippen LogP contribution in [0.1, 0.15) is 152 Å². The molecule has 0 saturated heterocycles. The van der Waals surface area contributed by atoms with Crippen LogP contribution in [0, 0.1) is 0 Å². The Morgan fingerprint density at radius 3 is 0.175 bits per heavy atom. The van der Waals surface area contributed by atoms with Crippen LogP contribution in [-0.2, 0) is 224 Å². The molecule has 0 bridgehead atoms. The number of rotatable bonds is 0. The summed E-state index contributed by atoms with van der Waals surface area (Å²) in [4.78, 5) is 196. The number of carboxylic acid groups (broad SMARTS) is 22. The molecule has 0 aliphatic heterocycles. The van der Waals surface area contributed by atoms with Gasteiger partial charge in [-0.3, -0.25) is 0 Å². The quantitative estimate of drug-likeness (QED) is 0.203. The van der Waals surface area contributed by atoms with Gasteiger partial charge in [0.1, 0.15) is 0 Å². The van der Waals surface area contributed by atoms with E-state index in [1.165, 1.54) is 0 Å². The third kappa shape index (κ3) is 65700. The van der Waals surface area contributed by atoms with Gasteiger partial charge in [0, 0.05) is 131 Å². The Morgan fingerprint density at radius 2 is 0.175 bits per heavy atom. The predicted molar refractivity (Wildman–Crippen MR) is 246 cm³/mol. The summed E-state index contributed by atoms with van der Waals surface area (Å²) in [5.74, 6) is -23.8. The second-order valence-corrected chi connectivity index (χ2v) is 10.8. The molecule has 0 atom stereocenters. The molecular formula is C44H66AuBaCaFeKNiO44PdReTi. The smallest absolute Gasteiger partial charge is 0.550 e. The molecule has 0 aliphatic rings. The number of carboxylic acids is 22. The molecule has 0 spiro atoms. The van der Waals surface area contributed by atoms with E-state index in [-0.39, 0.29) is 257 Å². The number of carbonyl (C=O) groups is 22. The Kier molecular flexibility index (Phi) is 419. The number of aliphatic carboxylic acids is 22. The van der Waals surface area contributed by atoms with Gasteiger partial charge in [-0.1, -0.05) is 0 Å². The van der Waals surface area contributed by atoms with Crippen LogP contribution in [0.25, 0.3) is 0 Å². The second-order valence-electron chi connectivity index (χ2n) is 10.8. The molecule has 0 aromatic rings. The number of hydrogen-bond acceptors (Lipinski definition) is 44. The maximum atomic E-state index is 8.89. The van der Waals surface area contributed by atoms with Crippen molar-refractivity contribution in [2.45, 2.75) is 152 Å². The summed E-state index contributed by atoms with van der Waals surface area (Å²) in [5, 5.41) is 196. The third-order valence-corrected chi connectivity index (χ3v) is 0. The van der Waals surface area contributed by atoms with Crippen molar-refractivity contribution >= 4 is 218 Å². The number of carbonyl (C=O) groups excluding carboxylic acids is 22. The van der Waals surface area contributed by atoms with Gasteiger partial charge in [-0.15, -0.1) is 0 Å². The van der Waals surface area contributed by atoms with Crippen LogP contribution in [0.15, 0.2) is 0 Å². The predicted octanol–water partition coefficient (Wildman–Crippen LogP) is -31.1. The SMILES string of the molecule is CC(=O)[O-].CC(=O)[O-].CC(=O)[O-].CC(=O)[O-].CC(=O)[O-].CC(=O)[O-].CC(=O)[O-].CC(=O)[O-].CC(=O)[O-].CC(=O)[O-].CC(=O)[O-].CC(=O)[O-].CC(=O)[O-].CC(=O)[O-].CC(=O)[O-].CC(=O)[O-].CC(=O)[O-].CC(=O)[O-].CC(=O)[O-].CC(=O)[O-].CC(=O)[O-].CC(=O)[O-].[Au+3].[Ba+2].[Ca+2].[Fe+2].[K+].[Ni+2].[Pd+2].[Re+4].[Ti+4]. The molecule has 0 rings (SSSR count). The van der Waals surface area contributed by atoms with Gasteiger partial charge in [-0.2, -0.15) is 0 Å². The molecule has 97 heavy (non-hydrogen) atoms. The molecule has 0 aromatic carbocycles. The number of hydrogen-bond donors (Lipinski definition) is 0. The first-order chi connectivity index (χ1) is 38.1. The minimum absolute atomic E-state index is 0. The van der Waals surface area contributed by atoms with Crippen LogP contribution >= 0.6 is 0 Å². The van der Waals surface area contributed by atoms with E-state index in [2.05, 4.69) is 0 Å². The molecular weight excluding hydrogens is 2100 g/mol. The summed E-state index contributed by atoms with van der Waals surface area (Å²) in [5.41, 5.74) is 0. The Bertz CT molecular complexity index is 1250. The summed E-state index contributed by atoms with van der Waals surface area (Å²) >= 11 is 0. The molecule has 1 radical (unpaired) electrons. The first kappa shape index (κ1) is 205. The Morgan fingerprint density at radius 1 is 0.175 bits per heavy atom. The van der Waals surface area contributed by atoms with Gasteiger partial charge >= 0.3 is 257 Å². The van der Waals surface area contributed by atoms with Crippen LogP contribution in [0.5, 0.6) is 0 Å². The summed E-state index contributed by atoms with van der Waals surface area (Å²) in [7, 11) is 0. The van der Waals surface area contributed by atoms with Gasteiger partial charge < -0.3 is 218 Å². The zero-order chi connectivity index (χ0) is 78.7. The molecule has 0 fully saturated rings. The van der Waals surface area contributed by atoms with Crippen LogP contribution in [0.4, 0.5) is 0 Å². The molecule has 0 unspecified atom stereocenters. The molecule has 0 heterocycles. The molecule has 0 aliphatic carbocycles.